The molecule has 1 aliphatic rings. The van der Waals surface area contributed by atoms with Crippen LogP contribution >= 0.6 is 0 Å². The lowest BCUT2D eigenvalue weighted by molar-refractivity contribution is -0.131. The Bertz CT molecular complexity index is 859. The number of amides is 2. The number of benzene rings is 2. The number of ether oxygens (including phenoxy) is 1. The summed E-state index contributed by atoms with van der Waals surface area (Å²) in [5.41, 5.74) is 0.159. The minimum absolute atomic E-state index is 0.281. The molecule has 0 spiro atoms. The molecule has 2 N–H and O–H groups in total. The number of halogens is 1. The highest BCUT2D eigenvalue weighted by molar-refractivity contribution is 6.16. The van der Waals surface area contributed by atoms with E-state index in [9.17, 15) is 18.8 Å². The molecule has 0 saturated heterocycles. The molecule has 0 aliphatic heterocycles. The highest BCUT2D eigenvalue weighted by Crippen LogP contribution is 2.47. The fourth-order valence-electron chi connectivity index (χ4n) is 2.62. The summed E-state index contributed by atoms with van der Waals surface area (Å²) in [6.45, 7) is 2.00. The van der Waals surface area contributed by atoms with Crippen molar-refractivity contribution in [3.05, 3.63) is 59.9 Å². The van der Waals surface area contributed by atoms with Crippen molar-refractivity contribution in [2.24, 2.45) is 5.41 Å². The molecule has 1 aliphatic carbocycles. The molecule has 0 unspecified atom stereocenters. The zero-order valence-corrected chi connectivity index (χ0v) is 14.8. The maximum atomic E-state index is 13.0. The molecule has 2 aromatic carbocycles. The first kappa shape index (κ1) is 18.6. The number of nitrogens with one attached hydrogen (secondary N) is 2. The number of esters is 1. The van der Waals surface area contributed by atoms with Gasteiger partial charge in [-0.3, -0.25) is 9.59 Å². The summed E-state index contributed by atoms with van der Waals surface area (Å²) in [5, 5.41) is 5.36. The van der Waals surface area contributed by atoms with Gasteiger partial charge < -0.3 is 15.4 Å². The molecule has 6 nitrogen and oxygen atoms in total. The summed E-state index contributed by atoms with van der Waals surface area (Å²) in [7, 11) is 0. The topological polar surface area (TPSA) is 84.5 Å². The Kier molecular flexibility index (Phi) is 5.21. The zero-order chi connectivity index (χ0) is 19.4. The second kappa shape index (κ2) is 7.57. The molecule has 0 atom stereocenters. The van der Waals surface area contributed by atoms with Gasteiger partial charge in [-0.05, 0) is 68.3 Å². The van der Waals surface area contributed by atoms with Crippen molar-refractivity contribution in [2.75, 3.05) is 17.2 Å². The lowest BCUT2D eigenvalue weighted by Crippen LogP contribution is -2.35. The Balaban J connectivity index is 1.63. The number of anilines is 2. The van der Waals surface area contributed by atoms with Gasteiger partial charge in [0.25, 0.3) is 0 Å². The summed E-state index contributed by atoms with van der Waals surface area (Å²) >= 11 is 0. The first-order chi connectivity index (χ1) is 12.9. The lowest BCUT2D eigenvalue weighted by atomic mass is 10.0. The Morgan fingerprint density at radius 2 is 1.41 bits per heavy atom. The number of hydrogen-bond acceptors (Lipinski definition) is 4. The van der Waals surface area contributed by atoms with E-state index in [2.05, 4.69) is 10.6 Å². The van der Waals surface area contributed by atoms with Gasteiger partial charge in [-0.25, -0.2) is 9.18 Å². The van der Waals surface area contributed by atoms with Crippen LogP contribution in [0.2, 0.25) is 0 Å². The van der Waals surface area contributed by atoms with Crippen LogP contribution in [-0.2, 0) is 14.3 Å². The minimum Gasteiger partial charge on any atom is -0.462 e. The molecular weight excluding hydrogens is 351 g/mol. The standard InChI is InChI=1S/C20H19FN2O4/c1-2-27-17(24)13-3-7-15(8-4-13)22-18(25)20(11-12-20)19(26)23-16-9-5-14(21)6-10-16/h3-10H,2,11-12H2,1H3,(H,22,25)(H,23,26). The van der Waals surface area contributed by atoms with Crippen molar-refractivity contribution < 1.29 is 23.5 Å². The third kappa shape index (κ3) is 4.13. The highest BCUT2D eigenvalue weighted by Gasteiger charge is 2.56. The van der Waals surface area contributed by atoms with E-state index in [0.29, 0.717) is 29.8 Å². The maximum absolute atomic E-state index is 13.0. The molecule has 7 heteroatoms. The van der Waals surface area contributed by atoms with E-state index in [1.54, 1.807) is 31.2 Å². The molecule has 27 heavy (non-hydrogen) atoms. The zero-order valence-electron chi connectivity index (χ0n) is 14.8. The van der Waals surface area contributed by atoms with Crippen LogP contribution in [0.15, 0.2) is 48.5 Å². The molecule has 140 valence electrons. The average molecular weight is 370 g/mol. The summed E-state index contributed by atoms with van der Waals surface area (Å²) in [6, 6.07) is 11.6. The first-order valence-corrected chi connectivity index (χ1v) is 8.60. The maximum Gasteiger partial charge on any atom is 0.338 e. The Morgan fingerprint density at radius 1 is 0.926 bits per heavy atom. The van der Waals surface area contributed by atoms with Gasteiger partial charge in [-0.2, -0.15) is 0 Å². The number of carbonyl (C=O) groups is 3. The molecular formula is C20H19FN2O4. The third-order valence-corrected chi connectivity index (χ3v) is 4.38. The monoisotopic (exact) mass is 370 g/mol. The summed E-state index contributed by atoms with van der Waals surface area (Å²) in [6.07, 6.45) is 0.875. The van der Waals surface area contributed by atoms with E-state index in [4.69, 9.17) is 4.74 Å². The van der Waals surface area contributed by atoms with E-state index >= 15 is 0 Å². The van der Waals surface area contributed by atoms with Crippen molar-refractivity contribution in [3.8, 4) is 0 Å². The van der Waals surface area contributed by atoms with Gasteiger partial charge in [0.15, 0.2) is 0 Å². The predicted octanol–water partition coefficient (Wildman–Crippen LogP) is 3.36. The molecule has 0 bridgehead atoms. The van der Waals surface area contributed by atoms with Gasteiger partial charge in [-0.15, -0.1) is 0 Å². The number of rotatable bonds is 6. The molecule has 0 heterocycles. The summed E-state index contributed by atoms with van der Waals surface area (Å²) < 4.78 is 17.9. The van der Waals surface area contributed by atoms with Crippen LogP contribution in [0.1, 0.15) is 30.1 Å². The fraction of sp³-hybridized carbons (Fsp3) is 0.250. The Hall–Kier alpha value is -3.22. The van der Waals surface area contributed by atoms with E-state index in [0.717, 1.165) is 0 Å². The van der Waals surface area contributed by atoms with Crippen LogP contribution in [-0.4, -0.2) is 24.4 Å². The predicted molar refractivity (Wildman–Crippen MR) is 97.7 cm³/mol. The van der Waals surface area contributed by atoms with Crippen LogP contribution in [0.5, 0.6) is 0 Å². The van der Waals surface area contributed by atoms with Crippen molar-refractivity contribution in [3.63, 3.8) is 0 Å². The molecule has 1 saturated carbocycles. The van der Waals surface area contributed by atoms with E-state index in [1.807, 2.05) is 0 Å². The molecule has 1 fully saturated rings. The van der Waals surface area contributed by atoms with Gasteiger partial charge in [0.05, 0.1) is 12.2 Å². The van der Waals surface area contributed by atoms with Gasteiger partial charge in [0, 0.05) is 11.4 Å². The van der Waals surface area contributed by atoms with Crippen molar-refractivity contribution >= 4 is 29.2 Å². The summed E-state index contributed by atoms with van der Waals surface area (Å²) in [5.74, 6) is -1.67. The van der Waals surface area contributed by atoms with Crippen LogP contribution in [0.25, 0.3) is 0 Å². The number of hydrogen-bond donors (Lipinski definition) is 2. The second-order valence-electron chi connectivity index (χ2n) is 6.30. The van der Waals surface area contributed by atoms with Crippen LogP contribution in [0.3, 0.4) is 0 Å². The molecule has 2 amide bonds. The van der Waals surface area contributed by atoms with Crippen molar-refractivity contribution in [1.29, 1.82) is 0 Å². The van der Waals surface area contributed by atoms with Gasteiger partial charge in [0.1, 0.15) is 11.2 Å². The number of carbonyl (C=O) groups excluding carboxylic acids is 3. The highest BCUT2D eigenvalue weighted by atomic mass is 19.1. The van der Waals surface area contributed by atoms with Gasteiger partial charge >= 0.3 is 5.97 Å². The summed E-state index contributed by atoms with van der Waals surface area (Å²) in [4.78, 5) is 36.7. The van der Waals surface area contributed by atoms with Gasteiger partial charge in [-0.1, -0.05) is 0 Å². The average Bonchev–Trinajstić information content (AvgIpc) is 3.46. The molecule has 0 radical (unpaired) electrons. The fourth-order valence-corrected chi connectivity index (χ4v) is 2.62. The van der Waals surface area contributed by atoms with Crippen LogP contribution in [0, 0.1) is 11.2 Å². The van der Waals surface area contributed by atoms with E-state index in [-0.39, 0.29) is 6.61 Å². The molecule has 2 aromatic rings. The SMILES string of the molecule is CCOC(=O)c1ccc(NC(=O)C2(C(=O)Nc3ccc(F)cc3)CC2)cc1. The van der Waals surface area contributed by atoms with Crippen molar-refractivity contribution in [2.45, 2.75) is 19.8 Å². The quantitative estimate of drug-likeness (QED) is 0.603. The Labute approximate surface area is 155 Å². The lowest BCUT2D eigenvalue weighted by Gasteiger charge is -2.15. The van der Waals surface area contributed by atoms with E-state index < -0.39 is 29.0 Å². The van der Waals surface area contributed by atoms with Crippen LogP contribution < -0.4 is 10.6 Å². The normalized spacial score (nSPS) is 14.1. The molecule has 0 aromatic heterocycles. The molecule has 3 rings (SSSR count). The minimum atomic E-state index is -1.13. The smallest absolute Gasteiger partial charge is 0.338 e. The largest absolute Gasteiger partial charge is 0.462 e. The van der Waals surface area contributed by atoms with Gasteiger partial charge in [0.2, 0.25) is 11.8 Å². The van der Waals surface area contributed by atoms with Crippen molar-refractivity contribution in [1.82, 2.24) is 0 Å². The second-order valence-corrected chi connectivity index (χ2v) is 6.30. The first-order valence-electron chi connectivity index (χ1n) is 8.60. The van der Waals surface area contributed by atoms with E-state index in [1.165, 1.54) is 24.3 Å². The van der Waals surface area contributed by atoms with Crippen LogP contribution in [0.4, 0.5) is 15.8 Å². The third-order valence-electron chi connectivity index (χ3n) is 4.38. The Morgan fingerprint density at radius 3 is 1.85 bits per heavy atom.